The number of piperidine rings is 1. The van der Waals surface area contributed by atoms with Crippen molar-refractivity contribution in [1.29, 1.82) is 0 Å². The molecule has 0 amide bonds. The zero-order valence-corrected chi connectivity index (χ0v) is 21.3. The predicted molar refractivity (Wildman–Crippen MR) is 138 cm³/mol. The molecular weight excluding hydrogens is 448 g/mol. The van der Waals surface area contributed by atoms with Crippen molar-refractivity contribution in [1.82, 2.24) is 9.80 Å². The predicted octanol–water partition coefficient (Wildman–Crippen LogP) is 4.24. The third kappa shape index (κ3) is 2.62. The van der Waals surface area contributed by atoms with Crippen molar-refractivity contribution >= 4 is 0 Å². The molecule has 4 aliphatic carbocycles. The molecule has 2 aromatic rings. The van der Waals surface area contributed by atoms with Crippen LogP contribution in [0.2, 0.25) is 0 Å². The van der Waals surface area contributed by atoms with Crippen LogP contribution in [0.4, 0.5) is 0 Å². The number of likely N-dealkylation sites (tertiary alicyclic amines) is 1. The lowest BCUT2D eigenvalue weighted by Crippen LogP contribution is -2.80. The number of fused-ring (bicyclic) bond motifs is 1. The number of nitrogens with zero attached hydrogens (tertiary/aromatic N) is 2. The molecule has 0 unspecified atom stereocenters. The number of phenols is 1. The Morgan fingerprint density at radius 3 is 2.61 bits per heavy atom. The largest absolute Gasteiger partial charge is 0.504 e. The van der Waals surface area contributed by atoms with E-state index in [-0.39, 0.29) is 23.3 Å². The van der Waals surface area contributed by atoms with Crippen LogP contribution in [0.15, 0.2) is 42.5 Å². The van der Waals surface area contributed by atoms with E-state index in [1.165, 1.54) is 30.4 Å². The summed E-state index contributed by atoms with van der Waals surface area (Å²) in [5.74, 6) is 1.75. The quantitative estimate of drug-likeness (QED) is 0.662. The van der Waals surface area contributed by atoms with Gasteiger partial charge < -0.3 is 14.9 Å². The Balaban J connectivity index is 1.22. The Hall–Kier alpha value is -2.08. The molecule has 4 fully saturated rings. The summed E-state index contributed by atoms with van der Waals surface area (Å²) in [6, 6.07) is 15.3. The van der Waals surface area contributed by atoms with E-state index in [4.69, 9.17) is 4.74 Å². The molecule has 3 saturated carbocycles. The zero-order chi connectivity index (χ0) is 24.3. The van der Waals surface area contributed by atoms with Crippen molar-refractivity contribution in [3.05, 3.63) is 59.2 Å². The van der Waals surface area contributed by atoms with Crippen LogP contribution in [-0.4, -0.2) is 63.9 Å². The minimum absolute atomic E-state index is 0.0129. The minimum atomic E-state index is -0.791. The number of aliphatic hydroxyl groups is 1. The van der Waals surface area contributed by atoms with E-state index < -0.39 is 11.0 Å². The van der Waals surface area contributed by atoms with Crippen molar-refractivity contribution < 1.29 is 14.9 Å². The summed E-state index contributed by atoms with van der Waals surface area (Å²) < 4.78 is 6.94. The van der Waals surface area contributed by atoms with Gasteiger partial charge in [0, 0.05) is 36.2 Å². The first-order valence-electron chi connectivity index (χ1n) is 14.2. The molecule has 1 saturated heterocycles. The van der Waals surface area contributed by atoms with Crippen molar-refractivity contribution in [3.63, 3.8) is 0 Å². The number of ether oxygens (including phenoxy) is 1. The summed E-state index contributed by atoms with van der Waals surface area (Å²) >= 11 is 0. The molecule has 2 aromatic carbocycles. The topological polar surface area (TPSA) is 56.2 Å². The molecule has 36 heavy (non-hydrogen) atoms. The van der Waals surface area contributed by atoms with Gasteiger partial charge >= 0.3 is 0 Å². The number of rotatable bonds is 5. The molecule has 2 aliphatic heterocycles. The van der Waals surface area contributed by atoms with E-state index in [2.05, 4.69) is 53.2 Å². The van der Waals surface area contributed by atoms with Gasteiger partial charge in [-0.3, -0.25) is 9.80 Å². The van der Waals surface area contributed by atoms with Gasteiger partial charge in [0.2, 0.25) is 0 Å². The maximum Gasteiger partial charge on any atom is 0.165 e. The fourth-order valence-corrected chi connectivity index (χ4v) is 9.52. The average molecular weight is 487 g/mol. The monoisotopic (exact) mass is 486 g/mol. The highest BCUT2D eigenvalue weighted by molar-refractivity contribution is 5.63. The smallest absolute Gasteiger partial charge is 0.165 e. The van der Waals surface area contributed by atoms with Gasteiger partial charge in [-0.05, 0) is 88.1 Å². The van der Waals surface area contributed by atoms with Crippen molar-refractivity contribution in [2.24, 2.45) is 11.3 Å². The number of aromatic hydroxyl groups is 1. The summed E-state index contributed by atoms with van der Waals surface area (Å²) in [7, 11) is 2.27. The maximum absolute atomic E-state index is 12.8. The van der Waals surface area contributed by atoms with E-state index in [0.717, 1.165) is 63.2 Å². The molecule has 2 bridgehead atoms. The van der Waals surface area contributed by atoms with Crippen LogP contribution in [-0.2, 0) is 18.4 Å². The fourth-order valence-electron chi connectivity index (χ4n) is 9.52. The van der Waals surface area contributed by atoms with Crippen LogP contribution in [0.3, 0.4) is 0 Å². The molecule has 2 N–H and O–H groups in total. The Kier molecular flexibility index (Phi) is 4.43. The highest BCUT2D eigenvalue weighted by atomic mass is 16.5. The third-order valence-electron chi connectivity index (χ3n) is 11.4. The first-order valence-corrected chi connectivity index (χ1v) is 14.2. The summed E-state index contributed by atoms with van der Waals surface area (Å²) in [6.07, 6.45) is 8.54. The van der Waals surface area contributed by atoms with Gasteiger partial charge in [0.25, 0.3) is 0 Å². The van der Waals surface area contributed by atoms with E-state index in [1.54, 1.807) is 0 Å². The summed E-state index contributed by atoms with van der Waals surface area (Å²) in [4.78, 5) is 5.17. The molecule has 5 heteroatoms. The van der Waals surface area contributed by atoms with Crippen LogP contribution in [0.5, 0.6) is 11.5 Å². The Morgan fingerprint density at radius 1 is 1.03 bits per heavy atom. The van der Waals surface area contributed by atoms with Gasteiger partial charge in [-0.15, -0.1) is 0 Å². The normalized spacial score (nSPS) is 40.1. The molecule has 2 spiro atoms. The molecule has 6 atom stereocenters. The van der Waals surface area contributed by atoms with Gasteiger partial charge in [-0.2, -0.15) is 0 Å². The fraction of sp³-hybridized carbons (Fsp3) is 0.613. The summed E-state index contributed by atoms with van der Waals surface area (Å²) in [5.41, 5.74) is 2.61. The standard InChI is InChI=1S/C31H38N2O3/c1-32(18-20-5-3-2-4-6-20)24-11-12-29(24)13-14-31(35)25-17-22-9-10-23(34)27-26(22)30(31,28(29)36-27)15-16-33(25)19-21-7-8-21/h2-6,9-10,21,24-25,28,34-35H,7-8,11-19H2,1H3/t24-,25-,28-,29-,30-,31+/m0/s1. The SMILES string of the molecule is CN(Cc1ccccc1)[C@H]1CC[C@]12CC[C@@]1(O)[C@@H]3Cc4ccc(O)c5c4[C@@]1(CCN3CC1CC1)[C@H]2O5. The summed E-state index contributed by atoms with van der Waals surface area (Å²) in [5, 5.41) is 23.8. The minimum Gasteiger partial charge on any atom is -0.504 e. The van der Waals surface area contributed by atoms with Gasteiger partial charge in [-0.1, -0.05) is 36.4 Å². The van der Waals surface area contributed by atoms with Crippen molar-refractivity contribution in [2.75, 3.05) is 20.1 Å². The van der Waals surface area contributed by atoms with Crippen LogP contribution in [0.1, 0.15) is 61.6 Å². The number of hydrogen-bond acceptors (Lipinski definition) is 5. The Labute approximate surface area is 214 Å². The molecule has 0 radical (unpaired) electrons. The van der Waals surface area contributed by atoms with Crippen LogP contribution >= 0.6 is 0 Å². The van der Waals surface area contributed by atoms with E-state index in [9.17, 15) is 10.2 Å². The van der Waals surface area contributed by atoms with Gasteiger partial charge in [0.15, 0.2) is 11.5 Å². The maximum atomic E-state index is 12.8. The lowest BCUT2D eigenvalue weighted by atomic mass is 9.40. The van der Waals surface area contributed by atoms with Crippen LogP contribution in [0, 0.1) is 11.3 Å². The first kappa shape index (κ1) is 22.0. The summed E-state index contributed by atoms with van der Waals surface area (Å²) in [6.45, 7) is 3.08. The van der Waals surface area contributed by atoms with Crippen LogP contribution in [0.25, 0.3) is 0 Å². The molecule has 2 heterocycles. The molecular formula is C31H38N2O3. The lowest BCUT2D eigenvalue weighted by Gasteiger charge is -2.70. The molecule has 190 valence electrons. The first-order chi connectivity index (χ1) is 17.5. The van der Waals surface area contributed by atoms with Crippen LogP contribution < -0.4 is 4.74 Å². The molecule has 5 nitrogen and oxygen atoms in total. The number of benzene rings is 2. The van der Waals surface area contributed by atoms with Gasteiger partial charge in [0.1, 0.15) is 6.10 Å². The zero-order valence-electron chi connectivity index (χ0n) is 21.3. The molecule has 0 aromatic heterocycles. The number of phenolic OH excluding ortho intramolecular Hbond substituents is 1. The van der Waals surface area contributed by atoms with Gasteiger partial charge in [0.05, 0.1) is 11.0 Å². The Bertz CT molecular complexity index is 1210. The van der Waals surface area contributed by atoms with Gasteiger partial charge in [-0.25, -0.2) is 0 Å². The van der Waals surface area contributed by atoms with E-state index in [1.807, 2.05) is 6.07 Å². The second-order valence-electron chi connectivity index (χ2n) is 12.9. The highest BCUT2D eigenvalue weighted by Crippen LogP contribution is 2.72. The van der Waals surface area contributed by atoms with Crippen molar-refractivity contribution in [3.8, 4) is 11.5 Å². The third-order valence-corrected chi connectivity index (χ3v) is 11.4. The average Bonchev–Trinajstić information content (AvgIpc) is 3.59. The number of hydrogen-bond donors (Lipinski definition) is 2. The lowest BCUT2D eigenvalue weighted by molar-refractivity contribution is -0.245. The van der Waals surface area contributed by atoms with E-state index in [0.29, 0.717) is 11.8 Å². The second kappa shape index (κ2) is 7.27. The molecule has 6 aliphatic rings. The van der Waals surface area contributed by atoms with Crippen molar-refractivity contribution in [2.45, 2.75) is 87.1 Å². The Morgan fingerprint density at radius 2 is 1.86 bits per heavy atom. The second-order valence-corrected chi connectivity index (χ2v) is 12.9. The molecule has 8 rings (SSSR count). The van der Waals surface area contributed by atoms with E-state index >= 15 is 0 Å². The highest BCUT2D eigenvalue weighted by Gasteiger charge is 2.78.